The molecule has 2 heteroatoms. The molecule has 0 amide bonds. The van der Waals surface area contributed by atoms with Crippen LogP contribution in [0.15, 0.2) is 0 Å². The molecule has 0 aliphatic heterocycles. The first-order valence-corrected chi connectivity index (χ1v) is 4.13. The Morgan fingerprint density at radius 1 is 1.00 bits per heavy atom. The van der Waals surface area contributed by atoms with Crippen LogP contribution in [0.5, 0.6) is 0 Å². The van der Waals surface area contributed by atoms with Crippen molar-refractivity contribution in [3.8, 4) is 0 Å². The maximum atomic E-state index is 5.92. The summed E-state index contributed by atoms with van der Waals surface area (Å²) in [4.78, 5) is 0. The summed E-state index contributed by atoms with van der Waals surface area (Å²) in [7, 11) is 0. The number of halogens is 1. The summed E-state index contributed by atoms with van der Waals surface area (Å²) >= 11 is 0. The molecule has 60 valence electrons. The topological polar surface area (TPSA) is 26.0 Å². The molecule has 0 bridgehead atoms. The molecule has 0 unspecified atom stereocenters. The first-order valence-electron chi connectivity index (χ1n) is 4.13. The lowest BCUT2D eigenvalue weighted by molar-refractivity contribution is 0.425. The van der Waals surface area contributed by atoms with Gasteiger partial charge >= 0.3 is 0 Å². The van der Waals surface area contributed by atoms with Gasteiger partial charge in [0.2, 0.25) is 0 Å². The van der Waals surface area contributed by atoms with Gasteiger partial charge in [0.05, 0.1) is 0 Å². The highest BCUT2D eigenvalue weighted by atomic mass is 35.5. The predicted octanol–water partition coefficient (Wildman–Crippen LogP) is 1.95. The normalized spacial score (nSPS) is 39.3. The number of rotatable bonds is 1. The molecule has 1 nitrogen and oxygen atoms in total. The highest BCUT2D eigenvalue weighted by molar-refractivity contribution is 5.85. The Morgan fingerprint density at radius 2 is 1.70 bits per heavy atom. The molecule has 0 aromatic carbocycles. The summed E-state index contributed by atoms with van der Waals surface area (Å²) in [6, 6.07) is 0.567. The van der Waals surface area contributed by atoms with E-state index in [1.807, 2.05) is 0 Å². The van der Waals surface area contributed by atoms with Crippen LogP contribution in [-0.4, -0.2) is 6.04 Å². The van der Waals surface area contributed by atoms with Crippen molar-refractivity contribution in [2.45, 2.75) is 38.1 Å². The summed E-state index contributed by atoms with van der Waals surface area (Å²) in [5, 5.41) is 0. The van der Waals surface area contributed by atoms with Crippen LogP contribution in [0, 0.1) is 11.8 Å². The summed E-state index contributed by atoms with van der Waals surface area (Å²) in [6.45, 7) is 0. The molecule has 2 atom stereocenters. The third-order valence-corrected chi connectivity index (χ3v) is 2.85. The quantitative estimate of drug-likeness (QED) is 0.625. The molecule has 0 aromatic rings. The standard InChI is InChI=1S/C8H15N.ClH/c9-8-3-1-2-7(8)6-4-5-6;/h6-8H,1-5,9H2;1H/t7-,8-;/m1./s1. The van der Waals surface area contributed by atoms with E-state index >= 15 is 0 Å². The van der Waals surface area contributed by atoms with Crippen LogP contribution in [0.1, 0.15) is 32.1 Å². The molecule has 0 spiro atoms. The molecule has 0 heterocycles. The predicted molar refractivity (Wildman–Crippen MR) is 45.3 cm³/mol. The van der Waals surface area contributed by atoms with Gasteiger partial charge in [-0.3, -0.25) is 0 Å². The van der Waals surface area contributed by atoms with Crippen molar-refractivity contribution in [1.82, 2.24) is 0 Å². The maximum absolute atomic E-state index is 5.92. The van der Waals surface area contributed by atoms with E-state index in [2.05, 4.69) is 0 Å². The Balaban J connectivity index is 0.000000500. The molecule has 0 aromatic heterocycles. The Bertz CT molecular complexity index is 112. The second-order valence-corrected chi connectivity index (χ2v) is 3.60. The molecule has 0 saturated heterocycles. The molecular weight excluding hydrogens is 146 g/mol. The van der Waals surface area contributed by atoms with Gasteiger partial charge in [0.1, 0.15) is 0 Å². The van der Waals surface area contributed by atoms with E-state index in [1.54, 1.807) is 0 Å². The highest BCUT2D eigenvalue weighted by Gasteiger charge is 2.37. The Hall–Kier alpha value is 0.250. The van der Waals surface area contributed by atoms with Crippen molar-refractivity contribution in [3.63, 3.8) is 0 Å². The van der Waals surface area contributed by atoms with Gasteiger partial charge in [-0.15, -0.1) is 12.4 Å². The Morgan fingerprint density at radius 3 is 2.10 bits per heavy atom. The van der Waals surface area contributed by atoms with E-state index in [0.717, 1.165) is 11.8 Å². The lowest BCUT2D eigenvalue weighted by atomic mass is 9.99. The first-order chi connectivity index (χ1) is 4.38. The third-order valence-electron chi connectivity index (χ3n) is 2.85. The minimum Gasteiger partial charge on any atom is -0.327 e. The van der Waals surface area contributed by atoms with Crippen molar-refractivity contribution in [2.24, 2.45) is 17.6 Å². The Kier molecular flexibility index (Phi) is 2.59. The molecule has 2 saturated carbocycles. The largest absolute Gasteiger partial charge is 0.327 e. The fourth-order valence-corrected chi connectivity index (χ4v) is 2.13. The van der Waals surface area contributed by atoms with Crippen LogP contribution < -0.4 is 5.73 Å². The summed E-state index contributed by atoms with van der Waals surface area (Å²) in [6.07, 6.45) is 7.05. The number of hydrogen-bond acceptors (Lipinski definition) is 1. The third kappa shape index (κ3) is 1.46. The van der Waals surface area contributed by atoms with Gasteiger partial charge in [0.15, 0.2) is 0 Å². The van der Waals surface area contributed by atoms with Crippen molar-refractivity contribution in [1.29, 1.82) is 0 Å². The van der Waals surface area contributed by atoms with Crippen LogP contribution in [0.3, 0.4) is 0 Å². The van der Waals surface area contributed by atoms with E-state index in [0.29, 0.717) is 6.04 Å². The smallest absolute Gasteiger partial charge is 0.00698 e. The first kappa shape index (κ1) is 8.35. The highest BCUT2D eigenvalue weighted by Crippen LogP contribution is 2.44. The molecule has 2 rings (SSSR count). The monoisotopic (exact) mass is 161 g/mol. The van der Waals surface area contributed by atoms with E-state index in [1.165, 1.54) is 32.1 Å². The minimum atomic E-state index is 0. The fraction of sp³-hybridized carbons (Fsp3) is 1.00. The van der Waals surface area contributed by atoms with Crippen LogP contribution in [-0.2, 0) is 0 Å². The molecule has 2 N–H and O–H groups in total. The second kappa shape index (κ2) is 3.10. The fourth-order valence-electron chi connectivity index (χ4n) is 2.13. The van der Waals surface area contributed by atoms with Crippen LogP contribution in [0.4, 0.5) is 0 Å². The second-order valence-electron chi connectivity index (χ2n) is 3.60. The molecule has 10 heavy (non-hydrogen) atoms. The van der Waals surface area contributed by atoms with Gasteiger partial charge in [0.25, 0.3) is 0 Å². The molecular formula is C8H16ClN. The van der Waals surface area contributed by atoms with E-state index < -0.39 is 0 Å². The van der Waals surface area contributed by atoms with Gasteiger partial charge < -0.3 is 5.73 Å². The van der Waals surface area contributed by atoms with Crippen LogP contribution in [0.25, 0.3) is 0 Å². The van der Waals surface area contributed by atoms with E-state index in [-0.39, 0.29) is 12.4 Å². The molecule has 2 aliphatic carbocycles. The summed E-state index contributed by atoms with van der Waals surface area (Å²) in [5.41, 5.74) is 5.92. The molecule has 2 aliphatic rings. The van der Waals surface area contributed by atoms with Gasteiger partial charge in [-0.05, 0) is 37.5 Å². The number of nitrogens with two attached hydrogens (primary N) is 1. The van der Waals surface area contributed by atoms with Crippen molar-refractivity contribution < 1.29 is 0 Å². The van der Waals surface area contributed by atoms with Crippen molar-refractivity contribution >= 4 is 12.4 Å². The van der Waals surface area contributed by atoms with Gasteiger partial charge in [-0.25, -0.2) is 0 Å². The van der Waals surface area contributed by atoms with Crippen LogP contribution in [0.2, 0.25) is 0 Å². The lowest BCUT2D eigenvalue weighted by Crippen LogP contribution is -2.25. The number of hydrogen-bond donors (Lipinski definition) is 1. The zero-order valence-electron chi connectivity index (χ0n) is 6.25. The van der Waals surface area contributed by atoms with Crippen molar-refractivity contribution in [2.75, 3.05) is 0 Å². The van der Waals surface area contributed by atoms with Gasteiger partial charge in [-0.1, -0.05) is 6.42 Å². The lowest BCUT2D eigenvalue weighted by Gasteiger charge is -2.12. The van der Waals surface area contributed by atoms with E-state index in [4.69, 9.17) is 5.73 Å². The Labute approximate surface area is 68.8 Å². The average molecular weight is 162 g/mol. The van der Waals surface area contributed by atoms with Crippen molar-refractivity contribution in [3.05, 3.63) is 0 Å². The molecule has 2 fully saturated rings. The zero-order chi connectivity index (χ0) is 6.27. The average Bonchev–Trinajstić information content (AvgIpc) is 2.58. The summed E-state index contributed by atoms with van der Waals surface area (Å²) < 4.78 is 0. The van der Waals surface area contributed by atoms with Crippen LogP contribution >= 0.6 is 12.4 Å². The zero-order valence-corrected chi connectivity index (χ0v) is 7.07. The molecule has 0 radical (unpaired) electrons. The SMILES string of the molecule is Cl.N[C@@H]1CCC[C@@H]1C1CC1. The van der Waals surface area contributed by atoms with Gasteiger partial charge in [-0.2, -0.15) is 0 Å². The van der Waals surface area contributed by atoms with E-state index in [9.17, 15) is 0 Å². The minimum absolute atomic E-state index is 0. The maximum Gasteiger partial charge on any atom is 0.00698 e. The summed E-state index contributed by atoms with van der Waals surface area (Å²) in [5.74, 6) is 1.97. The van der Waals surface area contributed by atoms with Gasteiger partial charge in [0, 0.05) is 6.04 Å².